The van der Waals surface area contributed by atoms with Crippen LogP contribution in [0, 0.1) is 0 Å². The molecule has 1 aromatic heterocycles. The Kier molecular flexibility index (Phi) is 8.06. The first-order valence-corrected chi connectivity index (χ1v) is 10.8. The Morgan fingerprint density at radius 2 is 1.87 bits per heavy atom. The van der Waals surface area contributed by atoms with Crippen LogP contribution < -0.4 is 15.0 Å². The number of hydrogen-bond donors (Lipinski definition) is 1. The maximum atomic E-state index is 13.3. The number of rotatable bonds is 9. The van der Waals surface area contributed by atoms with Crippen molar-refractivity contribution in [3.05, 3.63) is 81.5 Å². The molecule has 0 aliphatic carbocycles. The second-order valence-corrected chi connectivity index (χ2v) is 8.02. The molecule has 0 radical (unpaired) electrons. The monoisotopic (exact) mass is 458 g/mol. The van der Waals surface area contributed by atoms with Crippen LogP contribution in [0.3, 0.4) is 0 Å². The number of amides is 2. The van der Waals surface area contributed by atoms with E-state index in [-0.39, 0.29) is 18.4 Å². The zero-order chi connectivity index (χ0) is 22.2. The van der Waals surface area contributed by atoms with Crippen LogP contribution in [-0.2, 0) is 20.9 Å². The molecule has 0 saturated carbocycles. The average molecular weight is 459 g/mol. The summed E-state index contributed by atoms with van der Waals surface area (Å²) in [5.41, 5.74) is 1.43. The first-order valence-electron chi connectivity index (χ1n) is 9.54. The summed E-state index contributed by atoms with van der Waals surface area (Å²) in [6, 6.07) is 17.4. The van der Waals surface area contributed by atoms with Gasteiger partial charge in [-0.2, -0.15) is 0 Å². The Labute approximate surface area is 190 Å². The van der Waals surface area contributed by atoms with Crippen LogP contribution in [0.1, 0.15) is 16.5 Å². The molecule has 1 N–H and O–H groups in total. The molecule has 2 amide bonds. The first-order chi connectivity index (χ1) is 15.0. The van der Waals surface area contributed by atoms with E-state index in [1.807, 2.05) is 47.8 Å². The number of methoxy groups -OCH3 is 2. The molecule has 0 saturated heterocycles. The van der Waals surface area contributed by atoms with Crippen molar-refractivity contribution in [2.75, 3.05) is 25.7 Å². The van der Waals surface area contributed by atoms with Crippen LogP contribution in [0.2, 0.25) is 5.02 Å². The molecule has 0 aliphatic heterocycles. The fourth-order valence-electron chi connectivity index (χ4n) is 3.14. The van der Waals surface area contributed by atoms with E-state index in [0.29, 0.717) is 23.0 Å². The van der Waals surface area contributed by atoms with Gasteiger partial charge in [-0.25, -0.2) is 0 Å². The van der Waals surface area contributed by atoms with Gasteiger partial charge in [-0.15, -0.1) is 11.3 Å². The quantitative estimate of drug-likeness (QED) is 0.514. The number of carbonyl (C=O) groups excluding carboxylic acids is 2. The third-order valence-electron chi connectivity index (χ3n) is 4.58. The van der Waals surface area contributed by atoms with Crippen molar-refractivity contribution >= 4 is 40.4 Å². The van der Waals surface area contributed by atoms with E-state index in [0.717, 1.165) is 10.4 Å². The number of halogens is 1. The van der Waals surface area contributed by atoms with Gasteiger partial charge in [0.05, 0.1) is 12.1 Å². The molecular weight excluding hydrogens is 436 g/mol. The van der Waals surface area contributed by atoms with Crippen molar-refractivity contribution in [2.45, 2.75) is 12.6 Å². The summed E-state index contributed by atoms with van der Waals surface area (Å²) >= 11 is 7.71. The summed E-state index contributed by atoms with van der Waals surface area (Å²) in [7, 11) is 2.95. The predicted octanol–water partition coefficient (Wildman–Crippen LogP) is 4.45. The Morgan fingerprint density at radius 3 is 2.48 bits per heavy atom. The normalized spacial score (nSPS) is 11.6. The van der Waals surface area contributed by atoms with Gasteiger partial charge in [0.15, 0.2) is 0 Å². The van der Waals surface area contributed by atoms with E-state index >= 15 is 0 Å². The third-order valence-corrected chi connectivity index (χ3v) is 5.80. The van der Waals surface area contributed by atoms with Crippen molar-refractivity contribution in [3.8, 4) is 5.75 Å². The van der Waals surface area contributed by atoms with Crippen LogP contribution in [-0.4, -0.2) is 32.6 Å². The van der Waals surface area contributed by atoms with Gasteiger partial charge in [0.2, 0.25) is 5.91 Å². The molecule has 162 valence electrons. The summed E-state index contributed by atoms with van der Waals surface area (Å²) < 4.78 is 10.3. The lowest BCUT2D eigenvalue weighted by Gasteiger charge is -2.30. The second kappa shape index (κ2) is 10.9. The van der Waals surface area contributed by atoms with Crippen LogP contribution >= 0.6 is 22.9 Å². The molecule has 2 aromatic carbocycles. The van der Waals surface area contributed by atoms with E-state index in [9.17, 15) is 9.59 Å². The zero-order valence-electron chi connectivity index (χ0n) is 17.2. The highest BCUT2D eigenvalue weighted by Crippen LogP contribution is 2.35. The highest BCUT2D eigenvalue weighted by Gasteiger charge is 2.33. The molecular formula is C23H23ClN2O4S. The van der Waals surface area contributed by atoms with Crippen LogP contribution in [0.25, 0.3) is 0 Å². The smallest absolute Gasteiger partial charge is 0.254 e. The SMILES string of the molecule is COCC(=O)N(c1ccc(OC)c(Cl)c1)C(C(=O)NCc1ccccc1)c1cccs1. The maximum absolute atomic E-state index is 13.3. The molecule has 0 spiro atoms. The topological polar surface area (TPSA) is 67.9 Å². The third kappa shape index (κ3) is 5.64. The average Bonchev–Trinajstić information content (AvgIpc) is 3.31. The minimum Gasteiger partial charge on any atom is -0.495 e. The lowest BCUT2D eigenvalue weighted by molar-refractivity contribution is -0.128. The summed E-state index contributed by atoms with van der Waals surface area (Å²) in [5, 5.41) is 5.15. The van der Waals surface area contributed by atoms with Gasteiger partial charge in [0.25, 0.3) is 5.91 Å². The van der Waals surface area contributed by atoms with Crippen molar-refractivity contribution in [1.29, 1.82) is 0 Å². The summed E-state index contributed by atoms with van der Waals surface area (Å²) in [5.74, 6) is -0.189. The number of thiophene rings is 1. The lowest BCUT2D eigenvalue weighted by Crippen LogP contribution is -2.44. The molecule has 0 bridgehead atoms. The number of benzene rings is 2. The number of hydrogen-bond acceptors (Lipinski definition) is 5. The lowest BCUT2D eigenvalue weighted by atomic mass is 10.1. The molecule has 8 heteroatoms. The number of ether oxygens (including phenoxy) is 2. The minimum absolute atomic E-state index is 0.183. The predicted molar refractivity (Wildman–Crippen MR) is 123 cm³/mol. The van der Waals surface area contributed by atoms with Gasteiger partial charge in [-0.05, 0) is 35.2 Å². The highest BCUT2D eigenvalue weighted by molar-refractivity contribution is 7.10. The van der Waals surface area contributed by atoms with Crippen molar-refractivity contribution in [3.63, 3.8) is 0 Å². The van der Waals surface area contributed by atoms with E-state index in [2.05, 4.69) is 5.32 Å². The van der Waals surface area contributed by atoms with Crippen LogP contribution in [0.4, 0.5) is 5.69 Å². The Morgan fingerprint density at radius 1 is 1.10 bits per heavy atom. The minimum atomic E-state index is -0.879. The number of nitrogens with one attached hydrogen (secondary N) is 1. The molecule has 6 nitrogen and oxygen atoms in total. The van der Waals surface area contributed by atoms with Gasteiger partial charge < -0.3 is 14.8 Å². The van der Waals surface area contributed by atoms with E-state index in [1.54, 1.807) is 18.2 Å². The summed E-state index contributed by atoms with van der Waals surface area (Å²) in [4.78, 5) is 28.6. The van der Waals surface area contributed by atoms with Gasteiger partial charge in [0.1, 0.15) is 18.4 Å². The standard InChI is InChI=1S/C23H23ClN2O4S/c1-29-15-21(27)26(17-10-11-19(30-2)18(24)13-17)22(20-9-6-12-31-20)23(28)25-14-16-7-4-3-5-8-16/h3-13,22H,14-15H2,1-2H3,(H,25,28). The largest absolute Gasteiger partial charge is 0.495 e. The van der Waals surface area contributed by atoms with Gasteiger partial charge in [0, 0.05) is 24.2 Å². The molecule has 1 atom stereocenters. The van der Waals surface area contributed by atoms with Crippen molar-refractivity contribution < 1.29 is 19.1 Å². The van der Waals surface area contributed by atoms with E-state index in [4.69, 9.17) is 21.1 Å². The number of anilines is 1. The molecule has 3 rings (SSSR count). The molecule has 0 aliphatic rings. The Hall–Kier alpha value is -2.87. The summed E-state index contributed by atoms with van der Waals surface area (Å²) in [6.45, 7) is 0.161. The van der Waals surface area contributed by atoms with E-state index in [1.165, 1.54) is 30.5 Å². The molecule has 1 unspecified atom stereocenters. The Balaban J connectivity index is 1.98. The van der Waals surface area contributed by atoms with Gasteiger partial charge in [-0.1, -0.05) is 48.0 Å². The van der Waals surface area contributed by atoms with Crippen molar-refractivity contribution in [2.24, 2.45) is 0 Å². The highest BCUT2D eigenvalue weighted by atomic mass is 35.5. The van der Waals surface area contributed by atoms with E-state index < -0.39 is 6.04 Å². The fourth-order valence-corrected chi connectivity index (χ4v) is 4.20. The molecule has 31 heavy (non-hydrogen) atoms. The summed E-state index contributed by atoms with van der Waals surface area (Å²) in [6.07, 6.45) is 0. The molecule has 0 fully saturated rings. The second-order valence-electron chi connectivity index (χ2n) is 6.64. The van der Waals surface area contributed by atoms with Gasteiger partial charge >= 0.3 is 0 Å². The first kappa shape index (κ1) is 22.8. The zero-order valence-corrected chi connectivity index (χ0v) is 18.8. The van der Waals surface area contributed by atoms with Crippen LogP contribution in [0.5, 0.6) is 5.75 Å². The Bertz CT molecular complexity index is 1010. The molecule has 1 heterocycles. The molecule has 3 aromatic rings. The van der Waals surface area contributed by atoms with Gasteiger partial charge in [-0.3, -0.25) is 14.5 Å². The number of nitrogens with zero attached hydrogens (tertiary/aromatic N) is 1. The maximum Gasteiger partial charge on any atom is 0.254 e. The number of carbonyl (C=O) groups is 2. The van der Waals surface area contributed by atoms with Crippen molar-refractivity contribution in [1.82, 2.24) is 5.32 Å². The fraction of sp³-hybridized carbons (Fsp3) is 0.217. The van der Waals surface area contributed by atoms with Crippen LogP contribution in [0.15, 0.2) is 66.0 Å².